The van der Waals surface area contributed by atoms with Crippen molar-refractivity contribution in [1.29, 1.82) is 0 Å². The summed E-state index contributed by atoms with van der Waals surface area (Å²) in [5, 5.41) is 0. The minimum atomic E-state index is -0.212. The number of unbranched alkanes of at least 4 members (excludes halogenated alkanes) is 13. The number of nitrogens with zero attached hydrogens (tertiary/aromatic N) is 2. The van der Waals surface area contributed by atoms with E-state index in [0.29, 0.717) is 18.0 Å². The third kappa shape index (κ3) is 13.3. The van der Waals surface area contributed by atoms with Crippen LogP contribution in [0.2, 0.25) is 0 Å². The highest BCUT2D eigenvalue weighted by atomic mass is 16.5. The topological polar surface area (TPSA) is 61.3 Å². The Morgan fingerprint density at radius 3 is 1.74 bits per heavy atom. The summed E-state index contributed by atoms with van der Waals surface area (Å²) in [6.45, 7) is 5.23. The van der Waals surface area contributed by atoms with Crippen molar-refractivity contribution in [3.05, 3.63) is 36.7 Å². The summed E-state index contributed by atoms with van der Waals surface area (Å²) in [6, 6.07) is 7.83. The number of rotatable bonds is 20. The second-order valence-electron chi connectivity index (χ2n) is 9.44. The number of benzene rings is 1. The van der Waals surface area contributed by atoms with E-state index in [4.69, 9.17) is 9.47 Å². The standard InChI is InChI=1S/C30H46N2O3/c1-3-5-7-9-11-12-13-14-16-18-29(33)35-28-24-31-30(32-25-28)26-19-21-27(22-20-26)34-23-17-15-10-8-6-4-2/h19-22,24-25H,3-18,23H2,1-2H3. The third-order valence-electron chi connectivity index (χ3n) is 6.22. The van der Waals surface area contributed by atoms with Crippen LogP contribution in [0.5, 0.6) is 11.5 Å². The van der Waals surface area contributed by atoms with Gasteiger partial charge in [0.2, 0.25) is 0 Å². The Labute approximate surface area is 213 Å². The molecule has 35 heavy (non-hydrogen) atoms. The summed E-state index contributed by atoms with van der Waals surface area (Å²) in [5.41, 5.74) is 0.907. The molecule has 1 heterocycles. The molecule has 2 rings (SSSR count). The van der Waals surface area contributed by atoms with E-state index in [1.165, 1.54) is 77.0 Å². The predicted molar refractivity (Wildman–Crippen MR) is 144 cm³/mol. The van der Waals surface area contributed by atoms with Gasteiger partial charge in [-0.15, -0.1) is 0 Å². The van der Waals surface area contributed by atoms with Crippen molar-refractivity contribution in [1.82, 2.24) is 9.97 Å². The summed E-state index contributed by atoms with van der Waals surface area (Å²) in [6.07, 6.45) is 22.2. The molecule has 0 fully saturated rings. The second kappa shape index (κ2) is 18.8. The van der Waals surface area contributed by atoms with Crippen molar-refractivity contribution in [3.63, 3.8) is 0 Å². The van der Waals surface area contributed by atoms with Crippen LogP contribution in [-0.2, 0) is 4.79 Å². The maximum atomic E-state index is 12.1. The normalized spacial score (nSPS) is 10.9. The van der Waals surface area contributed by atoms with Crippen molar-refractivity contribution in [3.8, 4) is 22.9 Å². The van der Waals surface area contributed by atoms with Crippen molar-refractivity contribution in [2.24, 2.45) is 0 Å². The number of aromatic nitrogens is 2. The molecular weight excluding hydrogens is 436 g/mol. The van der Waals surface area contributed by atoms with E-state index in [0.717, 1.165) is 37.2 Å². The number of hydrogen-bond acceptors (Lipinski definition) is 5. The van der Waals surface area contributed by atoms with Crippen molar-refractivity contribution < 1.29 is 14.3 Å². The summed E-state index contributed by atoms with van der Waals surface area (Å²) in [5.74, 6) is 1.65. The van der Waals surface area contributed by atoms with Gasteiger partial charge in [0.1, 0.15) is 5.75 Å². The lowest BCUT2D eigenvalue weighted by atomic mass is 10.1. The zero-order valence-electron chi connectivity index (χ0n) is 22.1. The van der Waals surface area contributed by atoms with E-state index in [9.17, 15) is 4.79 Å². The van der Waals surface area contributed by atoms with Crippen LogP contribution in [0.1, 0.15) is 117 Å². The van der Waals surface area contributed by atoms with Gasteiger partial charge < -0.3 is 9.47 Å². The Hall–Kier alpha value is -2.43. The van der Waals surface area contributed by atoms with Crippen LogP contribution in [0, 0.1) is 0 Å². The summed E-state index contributed by atoms with van der Waals surface area (Å²) in [7, 11) is 0. The molecule has 0 aliphatic carbocycles. The lowest BCUT2D eigenvalue weighted by molar-refractivity contribution is -0.134. The minimum Gasteiger partial charge on any atom is -0.494 e. The zero-order valence-corrected chi connectivity index (χ0v) is 22.1. The molecule has 5 nitrogen and oxygen atoms in total. The maximum Gasteiger partial charge on any atom is 0.311 e. The van der Waals surface area contributed by atoms with E-state index in [2.05, 4.69) is 23.8 Å². The van der Waals surface area contributed by atoms with Crippen LogP contribution in [0.3, 0.4) is 0 Å². The van der Waals surface area contributed by atoms with Gasteiger partial charge in [0.25, 0.3) is 0 Å². The lowest BCUT2D eigenvalue weighted by Crippen LogP contribution is -2.08. The zero-order chi connectivity index (χ0) is 25.0. The molecule has 1 aromatic carbocycles. The van der Waals surface area contributed by atoms with Crippen LogP contribution in [0.4, 0.5) is 0 Å². The predicted octanol–water partition coefficient (Wildman–Crippen LogP) is 8.71. The van der Waals surface area contributed by atoms with Gasteiger partial charge in [0, 0.05) is 12.0 Å². The molecule has 0 atom stereocenters. The molecule has 0 unspecified atom stereocenters. The molecule has 0 aliphatic rings. The van der Waals surface area contributed by atoms with Gasteiger partial charge in [-0.1, -0.05) is 97.3 Å². The summed E-state index contributed by atoms with van der Waals surface area (Å²) in [4.78, 5) is 20.8. The van der Waals surface area contributed by atoms with Gasteiger partial charge in [-0.05, 0) is 37.1 Å². The van der Waals surface area contributed by atoms with E-state index in [-0.39, 0.29) is 5.97 Å². The molecular formula is C30H46N2O3. The lowest BCUT2D eigenvalue weighted by Gasteiger charge is -2.08. The minimum absolute atomic E-state index is 0.212. The van der Waals surface area contributed by atoms with Gasteiger partial charge in [-0.25, -0.2) is 9.97 Å². The average Bonchev–Trinajstić information content (AvgIpc) is 2.88. The Kier molecular flexibility index (Phi) is 15.5. The molecule has 0 N–H and O–H groups in total. The highest BCUT2D eigenvalue weighted by Gasteiger charge is 2.07. The number of esters is 1. The van der Waals surface area contributed by atoms with Crippen LogP contribution >= 0.6 is 0 Å². The first kappa shape index (κ1) is 28.8. The fourth-order valence-electron chi connectivity index (χ4n) is 4.05. The highest BCUT2D eigenvalue weighted by molar-refractivity contribution is 5.72. The molecule has 0 bridgehead atoms. The highest BCUT2D eigenvalue weighted by Crippen LogP contribution is 2.21. The Bertz CT molecular complexity index is 790. The van der Waals surface area contributed by atoms with Crippen molar-refractivity contribution in [2.75, 3.05) is 6.61 Å². The number of hydrogen-bond donors (Lipinski definition) is 0. The first-order valence-electron chi connectivity index (χ1n) is 14.0. The van der Waals surface area contributed by atoms with E-state index >= 15 is 0 Å². The van der Waals surface area contributed by atoms with E-state index in [1.54, 1.807) is 12.4 Å². The van der Waals surface area contributed by atoms with Gasteiger partial charge in [-0.3, -0.25) is 4.79 Å². The molecule has 2 aromatic rings. The number of ether oxygens (including phenoxy) is 2. The van der Waals surface area contributed by atoms with Gasteiger partial charge in [0.05, 0.1) is 19.0 Å². The molecule has 194 valence electrons. The maximum absolute atomic E-state index is 12.1. The Morgan fingerprint density at radius 2 is 1.17 bits per heavy atom. The SMILES string of the molecule is CCCCCCCCCCCC(=O)Oc1cnc(-c2ccc(OCCCCCCCC)cc2)nc1. The Morgan fingerprint density at radius 1 is 0.657 bits per heavy atom. The van der Waals surface area contributed by atoms with Crippen LogP contribution < -0.4 is 9.47 Å². The number of carbonyl (C=O) groups excluding carboxylic acids is 1. The molecule has 0 saturated heterocycles. The first-order chi connectivity index (χ1) is 17.2. The molecule has 0 aliphatic heterocycles. The van der Waals surface area contributed by atoms with Crippen LogP contribution in [0.15, 0.2) is 36.7 Å². The molecule has 0 amide bonds. The summed E-state index contributed by atoms with van der Waals surface area (Å²) >= 11 is 0. The van der Waals surface area contributed by atoms with Crippen molar-refractivity contribution >= 4 is 5.97 Å². The smallest absolute Gasteiger partial charge is 0.311 e. The van der Waals surface area contributed by atoms with Crippen LogP contribution in [-0.4, -0.2) is 22.5 Å². The average molecular weight is 483 g/mol. The first-order valence-corrected chi connectivity index (χ1v) is 14.0. The quantitative estimate of drug-likeness (QED) is 0.139. The number of carbonyl (C=O) groups is 1. The molecule has 0 saturated carbocycles. The fourth-order valence-corrected chi connectivity index (χ4v) is 4.05. The molecule has 5 heteroatoms. The summed E-state index contributed by atoms with van der Waals surface area (Å²) < 4.78 is 11.2. The largest absolute Gasteiger partial charge is 0.494 e. The molecule has 0 spiro atoms. The Balaban J connectivity index is 1.61. The third-order valence-corrected chi connectivity index (χ3v) is 6.22. The van der Waals surface area contributed by atoms with Crippen molar-refractivity contribution in [2.45, 2.75) is 117 Å². The molecule has 0 radical (unpaired) electrons. The second-order valence-corrected chi connectivity index (χ2v) is 9.44. The van der Waals surface area contributed by atoms with Gasteiger partial charge in [-0.2, -0.15) is 0 Å². The monoisotopic (exact) mass is 482 g/mol. The van der Waals surface area contributed by atoms with Gasteiger partial charge in [0.15, 0.2) is 11.6 Å². The van der Waals surface area contributed by atoms with Crippen LogP contribution in [0.25, 0.3) is 11.4 Å². The van der Waals surface area contributed by atoms with Gasteiger partial charge >= 0.3 is 5.97 Å². The molecule has 1 aromatic heterocycles. The van der Waals surface area contributed by atoms with E-state index < -0.39 is 0 Å². The fraction of sp³-hybridized carbons (Fsp3) is 0.633. The van der Waals surface area contributed by atoms with E-state index in [1.807, 2.05) is 24.3 Å².